The Morgan fingerprint density at radius 1 is 1.44 bits per heavy atom. The van der Waals surface area contributed by atoms with E-state index in [1.165, 1.54) is 18.0 Å². The summed E-state index contributed by atoms with van der Waals surface area (Å²) in [5.41, 5.74) is 0.775. The Bertz CT molecular complexity index is 772. The van der Waals surface area contributed by atoms with E-state index in [-0.39, 0.29) is 25.6 Å². The minimum Gasteiger partial charge on any atom is -0.497 e. The van der Waals surface area contributed by atoms with Gasteiger partial charge in [-0.05, 0) is 12.1 Å². The predicted molar refractivity (Wildman–Crippen MR) is 87.5 cm³/mol. The second-order valence-electron chi connectivity index (χ2n) is 4.95. The number of carboxylic acids is 1. The van der Waals surface area contributed by atoms with Gasteiger partial charge in [0.15, 0.2) is 0 Å². The fourth-order valence-corrected chi connectivity index (χ4v) is 1.99. The number of carboxylic acid groups (broad SMARTS) is 1. The lowest BCUT2D eigenvalue weighted by atomic mass is 10.1. The molecule has 1 aromatic heterocycles. The molecule has 2 aromatic rings. The minimum atomic E-state index is -1.03. The third kappa shape index (κ3) is 5.06. The zero-order valence-corrected chi connectivity index (χ0v) is 13.6. The number of methoxy groups -OCH3 is 1. The van der Waals surface area contributed by atoms with Crippen molar-refractivity contribution in [3.8, 4) is 11.5 Å². The average molecular weight is 346 g/mol. The zero-order chi connectivity index (χ0) is 18.2. The van der Waals surface area contributed by atoms with Gasteiger partial charge in [0.1, 0.15) is 30.3 Å². The van der Waals surface area contributed by atoms with Crippen LogP contribution in [0.3, 0.4) is 0 Å². The number of carbonyl (C=O) groups excluding carboxylic acids is 1. The average Bonchev–Trinajstić information content (AvgIpc) is 3.04. The van der Waals surface area contributed by atoms with Gasteiger partial charge in [-0.25, -0.2) is 4.68 Å². The lowest BCUT2D eigenvalue weighted by molar-refractivity contribution is -0.137. The van der Waals surface area contributed by atoms with Crippen LogP contribution in [0, 0.1) is 0 Å². The Hall–Kier alpha value is -3.36. The number of aromatic nitrogens is 3. The van der Waals surface area contributed by atoms with Crippen LogP contribution in [0.2, 0.25) is 0 Å². The number of nitrogens with zero attached hydrogens (tertiary/aromatic N) is 3. The first-order valence-corrected chi connectivity index (χ1v) is 7.34. The molecule has 0 unspecified atom stereocenters. The van der Waals surface area contributed by atoms with Gasteiger partial charge in [-0.1, -0.05) is 17.9 Å². The van der Waals surface area contributed by atoms with Crippen LogP contribution in [-0.2, 0) is 17.9 Å². The number of amides is 1. The summed E-state index contributed by atoms with van der Waals surface area (Å²) in [6.45, 7) is 3.63. The Balaban J connectivity index is 2.05. The molecule has 2 N–H and O–H groups in total. The fraction of sp³-hybridized carbons (Fsp3) is 0.250. The van der Waals surface area contributed by atoms with Crippen molar-refractivity contribution in [1.82, 2.24) is 20.3 Å². The molecule has 0 atom stereocenters. The van der Waals surface area contributed by atoms with Gasteiger partial charge < -0.3 is 19.9 Å². The molecular weight excluding hydrogens is 328 g/mol. The molecule has 9 heteroatoms. The van der Waals surface area contributed by atoms with Crippen LogP contribution in [0.5, 0.6) is 11.5 Å². The molecule has 0 aliphatic rings. The SMILES string of the molecule is C=CCOc1cc(OC)ccc1C(=O)NCc1cn(CC(=O)O)nn1. The molecule has 0 saturated heterocycles. The summed E-state index contributed by atoms with van der Waals surface area (Å²) in [5.74, 6) is -0.462. The van der Waals surface area contributed by atoms with Crippen LogP contribution in [0.4, 0.5) is 0 Å². The maximum absolute atomic E-state index is 12.4. The molecule has 0 saturated carbocycles. The van der Waals surface area contributed by atoms with Crippen molar-refractivity contribution in [3.63, 3.8) is 0 Å². The van der Waals surface area contributed by atoms with E-state index in [2.05, 4.69) is 22.2 Å². The molecule has 1 amide bonds. The molecule has 0 bridgehead atoms. The maximum atomic E-state index is 12.4. The monoisotopic (exact) mass is 346 g/mol. The first-order chi connectivity index (χ1) is 12.0. The predicted octanol–water partition coefficient (Wildman–Crippen LogP) is 0.866. The van der Waals surface area contributed by atoms with Crippen molar-refractivity contribution in [2.24, 2.45) is 0 Å². The van der Waals surface area contributed by atoms with Crippen molar-refractivity contribution in [3.05, 3.63) is 48.3 Å². The normalized spacial score (nSPS) is 10.1. The first kappa shape index (κ1) is 18.0. The van der Waals surface area contributed by atoms with Crippen LogP contribution in [-0.4, -0.2) is 45.7 Å². The van der Waals surface area contributed by atoms with Gasteiger partial charge in [0.2, 0.25) is 0 Å². The number of aliphatic carboxylic acids is 1. The molecule has 1 heterocycles. The quantitative estimate of drug-likeness (QED) is 0.647. The van der Waals surface area contributed by atoms with Gasteiger partial charge >= 0.3 is 5.97 Å². The Labute approximate surface area is 143 Å². The summed E-state index contributed by atoms with van der Waals surface area (Å²) in [6, 6.07) is 4.86. The Morgan fingerprint density at radius 3 is 2.92 bits per heavy atom. The van der Waals surface area contributed by atoms with Gasteiger partial charge in [0.25, 0.3) is 5.91 Å². The third-order valence-corrected chi connectivity index (χ3v) is 3.10. The first-order valence-electron chi connectivity index (χ1n) is 7.34. The molecule has 9 nitrogen and oxygen atoms in total. The van der Waals surface area contributed by atoms with E-state index >= 15 is 0 Å². The number of hydrogen-bond acceptors (Lipinski definition) is 6. The van der Waals surface area contributed by atoms with E-state index in [0.717, 1.165) is 0 Å². The second kappa shape index (κ2) is 8.48. The Kier molecular flexibility index (Phi) is 6.10. The van der Waals surface area contributed by atoms with E-state index in [4.69, 9.17) is 14.6 Å². The van der Waals surface area contributed by atoms with Gasteiger partial charge in [0, 0.05) is 6.07 Å². The summed E-state index contributed by atoms with van der Waals surface area (Å²) in [7, 11) is 1.52. The van der Waals surface area contributed by atoms with Crippen LogP contribution in [0.25, 0.3) is 0 Å². The molecule has 0 spiro atoms. The maximum Gasteiger partial charge on any atom is 0.325 e. The lowest BCUT2D eigenvalue weighted by Crippen LogP contribution is -2.23. The number of ether oxygens (including phenoxy) is 2. The highest BCUT2D eigenvalue weighted by Crippen LogP contribution is 2.25. The largest absolute Gasteiger partial charge is 0.497 e. The van der Waals surface area contributed by atoms with Crippen LogP contribution >= 0.6 is 0 Å². The highest BCUT2D eigenvalue weighted by Gasteiger charge is 2.14. The van der Waals surface area contributed by atoms with E-state index in [1.54, 1.807) is 24.3 Å². The topological polar surface area (TPSA) is 116 Å². The molecule has 0 fully saturated rings. The standard InChI is InChI=1S/C16H18N4O5/c1-3-6-25-14-7-12(24-2)4-5-13(14)16(23)17-8-11-9-20(19-18-11)10-15(21)22/h3-5,7,9H,1,6,8,10H2,2H3,(H,17,23)(H,21,22). The van der Waals surface area contributed by atoms with Crippen LogP contribution in [0.1, 0.15) is 16.1 Å². The molecule has 0 aliphatic carbocycles. The van der Waals surface area contributed by atoms with Gasteiger partial charge in [-0.2, -0.15) is 0 Å². The van der Waals surface area contributed by atoms with E-state index in [9.17, 15) is 9.59 Å². The molecule has 0 radical (unpaired) electrons. The summed E-state index contributed by atoms with van der Waals surface area (Å²) < 4.78 is 11.8. The second-order valence-corrected chi connectivity index (χ2v) is 4.95. The number of hydrogen-bond donors (Lipinski definition) is 2. The highest BCUT2D eigenvalue weighted by molar-refractivity contribution is 5.97. The zero-order valence-electron chi connectivity index (χ0n) is 13.6. The summed E-state index contributed by atoms with van der Waals surface area (Å²) in [4.78, 5) is 23.0. The van der Waals surface area contributed by atoms with E-state index < -0.39 is 5.97 Å². The van der Waals surface area contributed by atoms with Crippen LogP contribution < -0.4 is 14.8 Å². The van der Waals surface area contributed by atoms with Crippen molar-refractivity contribution in [2.75, 3.05) is 13.7 Å². The van der Waals surface area contributed by atoms with E-state index in [1.807, 2.05) is 0 Å². The van der Waals surface area contributed by atoms with E-state index in [0.29, 0.717) is 22.8 Å². The smallest absolute Gasteiger partial charge is 0.325 e. The summed E-state index contributed by atoms with van der Waals surface area (Å²) >= 11 is 0. The summed E-state index contributed by atoms with van der Waals surface area (Å²) in [5, 5.41) is 18.9. The molecule has 0 aliphatic heterocycles. The molecule has 2 rings (SSSR count). The van der Waals surface area contributed by atoms with Crippen molar-refractivity contribution in [1.29, 1.82) is 0 Å². The summed E-state index contributed by atoms with van der Waals surface area (Å²) in [6.07, 6.45) is 3.03. The minimum absolute atomic E-state index is 0.103. The number of carbonyl (C=O) groups is 2. The number of nitrogens with one attached hydrogen (secondary N) is 1. The van der Waals surface area contributed by atoms with Crippen molar-refractivity contribution < 1.29 is 24.2 Å². The number of rotatable bonds is 9. The molecular formula is C16H18N4O5. The molecule has 132 valence electrons. The third-order valence-electron chi connectivity index (χ3n) is 3.10. The van der Waals surface area contributed by atoms with Crippen LogP contribution in [0.15, 0.2) is 37.1 Å². The van der Waals surface area contributed by atoms with Crippen molar-refractivity contribution in [2.45, 2.75) is 13.1 Å². The van der Waals surface area contributed by atoms with Crippen molar-refractivity contribution >= 4 is 11.9 Å². The number of benzene rings is 1. The van der Waals surface area contributed by atoms with Gasteiger partial charge in [-0.15, -0.1) is 5.10 Å². The molecule has 1 aromatic carbocycles. The van der Waals surface area contributed by atoms with Gasteiger partial charge in [0.05, 0.1) is 25.4 Å². The Morgan fingerprint density at radius 2 is 2.24 bits per heavy atom. The molecule has 25 heavy (non-hydrogen) atoms. The lowest BCUT2D eigenvalue weighted by Gasteiger charge is -2.11. The highest BCUT2D eigenvalue weighted by atomic mass is 16.5. The fourth-order valence-electron chi connectivity index (χ4n) is 1.99. The van der Waals surface area contributed by atoms with Gasteiger partial charge in [-0.3, -0.25) is 9.59 Å².